The van der Waals surface area contributed by atoms with Gasteiger partial charge in [-0.2, -0.15) is 4.31 Å². The lowest BCUT2D eigenvalue weighted by Crippen LogP contribution is -2.39. The monoisotopic (exact) mass is 345 g/mol. The normalized spacial score (nSPS) is 23.9. The maximum absolute atomic E-state index is 12.8. The van der Waals surface area contributed by atoms with Crippen molar-refractivity contribution in [3.63, 3.8) is 0 Å². The first-order valence-electron chi connectivity index (χ1n) is 7.85. The molecular formula is C16H27NO3S2. The number of sulfonamides is 1. The average Bonchev–Trinajstić information content (AvgIpc) is 2.97. The highest BCUT2D eigenvalue weighted by molar-refractivity contribution is 7.91. The van der Waals surface area contributed by atoms with Gasteiger partial charge in [0.1, 0.15) is 4.21 Å². The standard InChI is InChI=1S/C16H27NO3S2/c1-16(2,3)14-9-10-15(21-14)22(19,20)17(4)13-7-5-12(11-18)6-8-13/h9-10,12-13,18H,5-8,11H2,1-4H3. The largest absolute Gasteiger partial charge is 0.396 e. The zero-order valence-corrected chi connectivity index (χ0v) is 15.5. The first-order valence-corrected chi connectivity index (χ1v) is 10.1. The topological polar surface area (TPSA) is 57.6 Å². The molecule has 0 spiro atoms. The Kier molecular flexibility index (Phi) is 5.37. The second-order valence-electron chi connectivity index (χ2n) is 7.25. The number of nitrogens with zero attached hydrogens (tertiary/aromatic N) is 1. The van der Waals surface area contributed by atoms with E-state index in [4.69, 9.17) is 0 Å². The van der Waals surface area contributed by atoms with Crippen molar-refractivity contribution in [2.75, 3.05) is 13.7 Å². The Labute approximate surface area is 138 Å². The van der Waals surface area contributed by atoms with Gasteiger partial charge in [0, 0.05) is 24.6 Å². The summed E-state index contributed by atoms with van der Waals surface area (Å²) in [6, 6.07) is 3.71. The Morgan fingerprint density at radius 3 is 2.27 bits per heavy atom. The lowest BCUT2D eigenvalue weighted by molar-refractivity contribution is 0.159. The molecule has 0 bridgehead atoms. The van der Waals surface area contributed by atoms with Crippen molar-refractivity contribution in [3.8, 4) is 0 Å². The second-order valence-corrected chi connectivity index (χ2v) is 10.6. The summed E-state index contributed by atoms with van der Waals surface area (Å²) in [5, 5.41) is 9.20. The van der Waals surface area contributed by atoms with E-state index in [2.05, 4.69) is 20.8 Å². The molecule has 0 aliphatic heterocycles. The molecule has 1 saturated carbocycles. The Bertz CT molecular complexity index is 593. The van der Waals surface area contributed by atoms with Crippen molar-refractivity contribution < 1.29 is 13.5 Å². The van der Waals surface area contributed by atoms with Crippen molar-refractivity contribution in [1.82, 2.24) is 4.31 Å². The fourth-order valence-corrected chi connectivity index (χ4v) is 5.86. The summed E-state index contributed by atoms with van der Waals surface area (Å²) in [6.45, 7) is 6.49. The fraction of sp³-hybridized carbons (Fsp3) is 0.750. The average molecular weight is 346 g/mol. The first-order chi connectivity index (χ1) is 10.2. The molecule has 1 aliphatic carbocycles. The van der Waals surface area contributed by atoms with Gasteiger partial charge in [-0.1, -0.05) is 20.8 Å². The van der Waals surface area contributed by atoms with Gasteiger partial charge in [0.15, 0.2) is 0 Å². The summed E-state index contributed by atoms with van der Waals surface area (Å²) < 4.78 is 27.6. The highest BCUT2D eigenvalue weighted by Gasteiger charge is 2.32. The lowest BCUT2D eigenvalue weighted by Gasteiger charge is -2.33. The third kappa shape index (κ3) is 3.72. The van der Waals surface area contributed by atoms with Gasteiger partial charge < -0.3 is 5.11 Å². The van der Waals surface area contributed by atoms with Gasteiger partial charge >= 0.3 is 0 Å². The minimum absolute atomic E-state index is 0.0316. The van der Waals surface area contributed by atoms with E-state index in [-0.39, 0.29) is 18.1 Å². The minimum Gasteiger partial charge on any atom is -0.396 e. The van der Waals surface area contributed by atoms with E-state index in [0.29, 0.717) is 10.1 Å². The predicted molar refractivity (Wildman–Crippen MR) is 90.8 cm³/mol. The van der Waals surface area contributed by atoms with Gasteiger partial charge in [-0.05, 0) is 49.1 Å². The van der Waals surface area contributed by atoms with E-state index in [1.165, 1.54) is 11.3 Å². The van der Waals surface area contributed by atoms with Crippen LogP contribution >= 0.6 is 11.3 Å². The molecule has 1 N–H and O–H groups in total. The van der Waals surface area contributed by atoms with Crippen LogP contribution in [0.25, 0.3) is 0 Å². The summed E-state index contributed by atoms with van der Waals surface area (Å²) in [5.41, 5.74) is -0.0316. The Morgan fingerprint density at radius 2 is 1.82 bits per heavy atom. The molecule has 0 aromatic carbocycles. The molecule has 1 aromatic heterocycles. The first kappa shape index (κ1) is 17.9. The van der Waals surface area contributed by atoms with Crippen LogP contribution < -0.4 is 0 Å². The number of hydrogen-bond donors (Lipinski definition) is 1. The molecule has 0 unspecified atom stereocenters. The van der Waals surface area contributed by atoms with Crippen molar-refractivity contribution in [3.05, 3.63) is 17.0 Å². The highest BCUT2D eigenvalue weighted by Crippen LogP contribution is 2.35. The van der Waals surface area contributed by atoms with Gasteiger partial charge in [-0.3, -0.25) is 0 Å². The summed E-state index contributed by atoms with van der Waals surface area (Å²) in [6.07, 6.45) is 3.47. The van der Waals surface area contributed by atoms with Crippen LogP contribution in [0.4, 0.5) is 0 Å². The number of hydrogen-bond acceptors (Lipinski definition) is 4. The van der Waals surface area contributed by atoms with Gasteiger partial charge in [-0.25, -0.2) is 8.42 Å². The Hall–Kier alpha value is -0.430. The number of thiophene rings is 1. The van der Waals surface area contributed by atoms with Gasteiger partial charge in [0.25, 0.3) is 10.0 Å². The molecule has 1 heterocycles. The van der Waals surface area contributed by atoms with Crippen molar-refractivity contribution in [2.45, 2.75) is 62.1 Å². The fourth-order valence-electron chi connectivity index (χ4n) is 2.89. The summed E-state index contributed by atoms with van der Waals surface area (Å²) in [7, 11) is -1.72. The maximum atomic E-state index is 12.8. The molecule has 1 aliphatic rings. The summed E-state index contributed by atoms with van der Waals surface area (Å²) >= 11 is 1.37. The van der Waals surface area contributed by atoms with Crippen molar-refractivity contribution >= 4 is 21.4 Å². The zero-order valence-electron chi connectivity index (χ0n) is 13.9. The maximum Gasteiger partial charge on any atom is 0.252 e. The van der Waals surface area contributed by atoms with E-state index >= 15 is 0 Å². The van der Waals surface area contributed by atoms with Crippen LogP contribution in [-0.4, -0.2) is 37.5 Å². The van der Waals surface area contributed by atoms with E-state index < -0.39 is 10.0 Å². The van der Waals surface area contributed by atoms with Crippen LogP contribution in [0.3, 0.4) is 0 Å². The molecule has 0 saturated heterocycles. The van der Waals surface area contributed by atoms with Gasteiger partial charge in [0.2, 0.25) is 0 Å². The molecule has 126 valence electrons. The molecule has 0 atom stereocenters. The van der Waals surface area contributed by atoms with Crippen molar-refractivity contribution in [2.24, 2.45) is 5.92 Å². The summed E-state index contributed by atoms with van der Waals surface area (Å²) in [4.78, 5) is 1.09. The molecule has 0 radical (unpaired) electrons. The molecule has 4 nitrogen and oxygen atoms in total. The molecule has 6 heteroatoms. The number of aliphatic hydroxyl groups is 1. The quantitative estimate of drug-likeness (QED) is 0.911. The Morgan fingerprint density at radius 1 is 1.23 bits per heavy atom. The van der Waals surface area contributed by atoms with Crippen LogP contribution in [-0.2, 0) is 15.4 Å². The highest BCUT2D eigenvalue weighted by atomic mass is 32.2. The van der Waals surface area contributed by atoms with Crippen LogP contribution in [0.5, 0.6) is 0 Å². The van der Waals surface area contributed by atoms with E-state index in [0.717, 1.165) is 30.6 Å². The second kappa shape index (κ2) is 6.59. The molecule has 1 aromatic rings. The van der Waals surface area contributed by atoms with E-state index in [1.807, 2.05) is 6.07 Å². The molecule has 22 heavy (non-hydrogen) atoms. The third-order valence-corrected chi connectivity index (χ3v) is 8.43. The van der Waals surface area contributed by atoms with E-state index in [9.17, 15) is 13.5 Å². The molecule has 2 rings (SSSR count). The molecule has 1 fully saturated rings. The van der Waals surface area contributed by atoms with Gasteiger partial charge in [0.05, 0.1) is 0 Å². The smallest absolute Gasteiger partial charge is 0.252 e. The van der Waals surface area contributed by atoms with Crippen LogP contribution in [0.15, 0.2) is 16.3 Å². The molecule has 0 amide bonds. The van der Waals surface area contributed by atoms with E-state index in [1.54, 1.807) is 17.4 Å². The Balaban J connectivity index is 2.14. The zero-order chi connectivity index (χ0) is 16.5. The lowest BCUT2D eigenvalue weighted by atomic mass is 9.87. The molecular weight excluding hydrogens is 318 g/mol. The predicted octanol–water partition coefficient (Wildman–Crippen LogP) is 3.22. The van der Waals surface area contributed by atoms with Crippen LogP contribution in [0.1, 0.15) is 51.3 Å². The van der Waals surface area contributed by atoms with Crippen molar-refractivity contribution in [1.29, 1.82) is 0 Å². The third-order valence-electron chi connectivity index (χ3n) is 4.54. The SMILES string of the molecule is CN(C1CCC(CO)CC1)S(=O)(=O)c1ccc(C(C)(C)C)s1. The van der Waals surface area contributed by atoms with Crippen LogP contribution in [0, 0.1) is 5.92 Å². The van der Waals surface area contributed by atoms with Crippen LogP contribution in [0.2, 0.25) is 0 Å². The summed E-state index contributed by atoms with van der Waals surface area (Å²) in [5.74, 6) is 0.335. The minimum atomic E-state index is -3.41. The van der Waals surface area contributed by atoms with Gasteiger partial charge in [-0.15, -0.1) is 11.3 Å². The number of aliphatic hydroxyl groups excluding tert-OH is 1. The number of rotatable bonds is 4.